The minimum Gasteiger partial charge on any atom is -0.366 e. The second kappa shape index (κ2) is 6.76. The lowest BCUT2D eigenvalue weighted by Gasteiger charge is -2.13. The molecule has 0 unspecified atom stereocenters. The molecule has 0 aliphatic carbocycles. The average Bonchev–Trinajstić information content (AvgIpc) is 3.42. The molecule has 7 nitrogen and oxygen atoms in total. The van der Waals surface area contributed by atoms with Crippen molar-refractivity contribution in [1.82, 2.24) is 29.5 Å². The Bertz CT molecular complexity index is 1130. The Labute approximate surface area is 163 Å². The van der Waals surface area contributed by atoms with Gasteiger partial charge in [-0.1, -0.05) is 6.07 Å². The summed E-state index contributed by atoms with van der Waals surface area (Å²) in [5, 5.41) is 11.2. The fourth-order valence-corrected chi connectivity index (χ4v) is 3.82. The van der Waals surface area contributed by atoms with E-state index in [1.807, 2.05) is 48.5 Å². The largest absolute Gasteiger partial charge is 0.366 e. The number of pyridine rings is 2. The lowest BCUT2D eigenvalue weighted by molar-refractivity contribution is 0.768. The van der Waals surface area contributed by atoms with Gasteiger partial charge in [0.05, 0.1) is 23.8 Å². The van der Waals surface area contributed by atoms with Crippen molar-refractivity contribution < 1.29 is 0 Å². The third kappa shape index (κ3) is 3.03. The number of hydrogen-bond acceptors (Lipinski definition) is 5. The zero-order valence-electron chi connectivity index (χ0n) is 16.1. The predicted molar refractivity (Wildman–Crippen MR) is 110 cm³/mol. The van der Waals surface area contributed by atoms with Gasteiger partial charge in [-0.15, -0.1) is 0 Å². The van der Waals surface area contributed by atoms with Gasteiger partial charge in [0.15, 0.2) is 0 Å². The van der Waals surface area contributed by atoms with Crippen LogP contribution in [0.15, 0.2) is 49.1 Å². The van der Waals surface area contributed by atoms with Crippen LogP contribution in [0.25, 0.3) is 28.2 Å². The molecule has 0 saturated carbocycles. The van der Waals surface area contributed by atoms with E-state index in [2.05, 4.69) is 44.3 Å². The summed E-state index contributed by atoms with van der Waals surface area (Å²) >= 11 is 0. The van der Waals surface area contributed by atoms with Gasteiger partial charge in [-0.2, -0.15) is 5.10 Å². The molecule has 0 bridgehead atoms. The molecule has 1 saturated heterocycles. The highest BCUT2D eigenvalue weighted by Crippen LogP contribution is 2.27. The molecule has 2 N–H and O–H groups in total. The minimum absolute atomic E-state index is 0.435. The summed E-state index contributed by atoms with van der Waals surface area (Å²) in [7, 11) is 1.93. The average molecular weight is 373 g/mol. The van der Waals surface area contributed by atoms with Crippen LogP contribution < -0.4 is 10.6 Å². The van der Waals surface area contributed by atoms with E-state index in [1.54, 1.807) is 0 Å². The van der Waals surface area contributed by atoms with Crippen LogP contribution in [0.1, 0.15) is 12.0 Å². The van der Waals surface area contributed by atoms with E-state index >= 15 is 0 Å². The maximum absolute atomic E-state index is 4.84. The highest BCUT2D eigenvalue weighted by atomic mass is 15.2. The first kappa shape index (κ1) is 16.9. The van der Waals surface area contributed by atoms with Crippen molar-refractivity contribution in [2.75, 3.05) is 18.4 Å². The first-order chi connectivity index (χ1) is 13.7. The summed E-state index contributed by atoms with van der Waals surface area (Å²) in [5.41, 5.74) is 6.22. The highest BCUT2D eigenvalue weighted by Gasteiger charge is 2.16. The molecule has 0 spiro atoms. The Morgan fingerprint density at radius 1 is 1.21 bits per heavy atom. The summed E-state index contributed by atoms with van der Waals surface area (Å²) in [4.78, 5) is 9.44. The Hall–Kier alpha value is -3.19. The number of aromatic nitrogens is 5. The smallest absolute Gasteiger partial charge is 0.137 e. The van der Waals surface area contributed by atoms with Gasteiger partial charge in [0.1, 0.15) is 11.5 Å². The molecular weight excluding hydrogens is 350 g/mol. The molecule has 5 heterocycles. The normalized spacial score (nSPS) is 16.7. The predicted octanol–water partition coefficient (Wildman–Crippen LogP) is 2.88. The highest BCUT2D eigenvalue weighted by molar-refractivity contribution is 5.70. The van der Waals surface area contributed by atoms with Crippen LogP contribution in [0.4, 0.5) is 5.82 Å². The maximum atomic E-state index is 4.84. The number of imidazole rings is 1. The van der Waals surface area contributed by atoms with Crippen LogP contribution in [0.2, 0.25) is 0 Å². The number of nitrogens with zero attached hydrogens (tertiary/aromatic N) is 5. The molecule has 4 aromatic rings. The Morgan fingerprint density at radius 3 is 2.93 bits per heavy atom. The third-order valence-electron chi connectivity index (χ3n) is 5.29. The molecule has 0 radical (unpaired) electrons. The Kier molecular flexibility index (Phi) is 4.09. The van der Waals surface area contributed by atoms with Crippen molar-refractivity contribution in [2.45, 2.75) is 19.4 Å². The zero-order valence-corrected chi connectivity index (χ0v) is 16.1. The van der Waals surface area contributed by atoms with Gasteiger partial charge < -0.3 is 10.6 Å². The summed E-state index contributed by atoms with van der Waals surface area (Å²) in [6.45, 7) is 4.14. The van der Waals surface area contributed by atoms with Crippen molar-refractivity contribution in [3.8, 4) is 22.5 Å². The molecule has 1 atom stereocenters. The zero-order chi connectivity index (χ0) is 19.1. The molecule has 4 aromatic heterocycles. The number of nitrogens with one attached hydrogen (secondary N) is 2. The molecule has 7 heteroatoms. The van der Waals surface area contributed by atoms with E-state index in [1.165, 1.54) is 5.56 Å². The first-order valence-electron chi connectivity index (χ1n) is 9.59. The van der Waals surface area contributed by atoms with E-state index in [0.717, 1.165) is 53.5 Å². The van der Waals surface area contributed by atoms with Crippen LogP contribution in [-0.4, -0.2) is 43.3 Å². The lowest BCUT2D eigenvalue weighted by atomic mass is 10.1. The van der Waals surface area contributed by atoms with Crippen molar-refractivity contribution in [1.29, 1.82) is 0 Å². The van der Waals surface area contributed by atoms with Gasteiger partial charge in [-0.3, -0.25) is 9.08 Å². The van der Waals surface area contributed by atoms with E-state index in [9.17, 15) is 0 Å². The van der Waals surface area contributed by atoms with E-state index in [0.29, 0.717) is 6.04 Å². The molecule has 0 aromatic carbocycles. The SMILES string of the molecule is Cc1cc2ncc(-c3cccc(N[C@H]4CCNC4)n3)n2cc1-c1cnn(C)c1. The third-order valence-corrected chi connectivity index (χ3v) is 5.29. The summed E-state index contributed by atoms with van der Waals surface area (Å²) in [5.74, 6) is 0.903. The second-order valence-corrected chi connectivity index (χ2v) is 7.39. The molecule has 5 rings (SSSR count). The molecule has 28 heavy (non-hydrogen) atoms. The van der Waals surface area contributed by atoms with Crippen LogP contribution in [0, 0.1) is 6.92 Å². The van der Waals surface area contributed by atoms with Crippen molar-refractivity contribution in [3.63, 3.8) is 0 Å². The number of fused-ring (bicyclic) bond motifs is 1. The van der Waals surface area contributed by atoms with Crippen molar-refractivity contribution >= 4 is 11.5 Å². The van der Waals surface area contributed by atoms with Gasteiger partial charge >= 0.3 is 0 Å². The van der Waals surface area contributed by atoms with Crippen LogP contribution in [0.5, 0.6) is 0 Å². The van der Waals surface area contributed by atoms with E-state index in [4.69, 9.17) is 4.98 Å². The van der Waals surface area contributed by atoms with Gasteiger partial charge in [0.25, 0.3) is 0 Å². The second-order valence-electron chi connectivity index (χ2n) is 7.39. The topological polar surface area (TPSA) is 72.1 Å². The first-order valence-corrected chi connectivity index (χ1v) is 9.59. The number of rotatable bonds is 4. The molecular formula is C21H23N7. The molecule has 1 fully saturated rings. The number of aryl methyl sites for hydroxylation is 2. The fraction of sp³-hybridized carbons (Fsp3) is 0.286. The van der Waals surface area contributed by atoms with Gasteiger partial charge in [0.2, 0.25) is 0 Å². The lowest BCUT2D eigenvalue weighted by Crippen LogP contribution is -2.22. The number of hydrogen-bond donors (Lipinski definition) is 2. The van der Waals surface area contributed by atoms with Gasteiger partial charge in [-0.25, -0.2) is 9.97 Å². The fourth-order valence-electron chi connectivity index (χ4n) is 3.82. The van der Waals surface area contributed by atoms with Gasteiger partial charge in [-0.05, 0) is 43.7 Å². The van der Waals surface area contributed by atoms with Crippen LogP contribution in [0.3, 0.4) is 0 Å². The van der Waals surface area contributed by atoms with Crippen LogP contribution >= 0.6 is 0 Å². The molecule has 142 valence electrons. The monoisotopic (exact) mass is 373 g/mol. The summed E-state index contributed by atoms with van der Waals surface area (Å²) in [6, 6.07) is 8.65. The van der Waals surface area contributed by atoms with E-state index < -0.39 is 0 Å². The quantitative estimate of drug-likeness (QED) is 0.576. The Balaban J connectivity index is 1.55. The summed E-state index contributed by atoms with van der Waals surface area (Å²) < 4.78 is 3.93. The standard InChI is InChI=1S/C21H23N7/c1-14-8-21-23-11-19(28(21)13-17(14)15-9-24-27(2)12-15)18-4-3-5-20(26-18)25-16-6-7-22-10-16/h3-5,8-9,11-13,16,22H,6-7,10H2,1-2H3,(H,25,26)/t16-/m0/s1. The Morgan fingerprint density at radius 2 is 2.14 bits per heavy atom. The van der Waals surface area contributed by atoms with Crippen molar-refractivity contribution in [3.05, 3.63) is 54.6 Å². The minimum atomic E-state index is 0.435. The van der Waals surface area contributed by atoms with E-state index in [-0.39, 0.29) is 0 Å². The molecule has 1 aliphatic rings. The van der Waals surface area contributed by atoms with Crippen LogP contribution in [-0.2, 0) is 7.05 Å². The van der Waals surface area contributed by atoms with Crippen molar-refractivity contribution in [2.24, 2.45) is 7.05 Å². The van der Waals surface area contributed by atoms with Gasteiger partial charge in [0, 0.05) is 43.2 Å². The molecule has 1 aliphatic heterocycles. The summed E-state index contributed by atoms with van der Waals surface area (Å²) in [6.07, 6.45) is 9.07. The number of anilines is 1. The molecule has 0 amide bonds. The maximum Gasteiger partial charge on any atom is 0.137 e.